The van der Waals surface area contributed by atoms with Gasteiger partial charge >= 0.3 is 0 Å². The molecule has 21 heavy (non-hydrogen) atoms. The first-order valence-electron chi connectivity index (χ1n) is 7.51. The Balaban J connectivity index is 1.96. The Kier molecular flexibility index (Phi) is 4.26. The summed E-state index contributed by atoms with van der Waals surface area (Å²) >= 11 is 1.72. The number of nitrogen functional groups attached to an aromatic ring is 1. The smallest absolute Gasteiger partial charge is 0.223 e. The minimum absolute atomic E-state index is 0.371. The molecular formula is C15H22N4OS. The fourth-order valence-corrected chi connectivity index (χ4v) is 3.99. The SMILES string of the molecule is CCc1cc2c(N3CCCC(COC)C3)nc(N)nc2s1. The Hall–Kier alpha value is -1.40. The Morgan fingerprint density at radius 3 is 3.10 bits per heavy atom. The third-order valence-corrected chi connectivity index (χ3v) is 5.18. The van der Waals surface area contributed by atoms with Gasteiger partial charge in [-0.05, 0) is 31.2 Å². The van der Waals surface area contributed by atoms with Gasteiger partial charge in [-0.1, -0.05) is 6.92 Å². The summed E-state index contributed by atoms with van der Waals surface area (Å²) in [6.07, 6.45) is 3.41. The number of methoxy groups -OCH3 is 1. The van der Waals surface area contributed by atoms with Crippen molar-refractivity contribution in [1.29, 1.82) is 0 Å². The lowest BCUT2D eigenvalue weighted by Crippen LogP contribution is -2.37. The molecule has 5 nitrogen and oxygen atoms in total. The molecule has 114 valence electrons. The third-order valence-electron chi connectivity index (χ3n) is 4.01. The number of ether oxygens (including phenoxy) is 1. The van der Waals surface area contributed by atoms with Crippen molar-refractivity contribution < 1.29 is 4.74 Å². The molecule has 1 fully saturated rings. The van der Waals surface area contributed by atoms with Crippen molar-refractivity contribution in [3.05, 3.63) is 10.9 Å². The Morgan fingerprint density at radius 2 is 2.33 bits per heavy atom. The van der Waals surface area contributed by atoms with Gasteiger partial charge in [0.15, 0.2) is 0 Å². The van der Waals surface area contributed by atoms with Crippen molar-refractivity contribution in [3.63, 3.8) is 0 Å². The van der Waals surface area contributed by atoms with Gasteiger partial charge in [0, 0.05) is 25.1 Å². The zero-order valence-corrected chi connectivity index (χ0v) is 13.4. The number of aromatic nitrogens is 2. The summed E-state index contributed by atoms with van der Waals surface area (Å²) in [5.74, 6) is 1.93. The van der Waals surface area contributed by atoms with Crippen molar-refractivity contribution in [1.82, 2.24) is 9.97 Å². The van der Waals surface area contributed by atoms with E-state index in [0.29, 0.717) is 11.9 Å². The third kappa shape index (κ3) is 2.96. The van der Waals surface area contributed by atoms with E-state index < -0.39 is 0 Å². The molecule has 0 bridgehead atoms. The molecule has 1 saturated heterocycles. The first-order chi connectivity index (χ1) is 10.2. The van der Waals surface area contributed by atoms with Crippen LogP contribution in [-0.2, 0) is 11.2 Å². The van der Waals surface area contributed by atoms with Crippen LogP contribution >= 0.6 is 11.3 Å². The topological polar surface area (TPSA) is 64.3 Å². The number of piperidine rings is 1. The van der Waals surface area contributed by atoms with Crippen LogP contribution in [0.2, 0.25) is 0 Å². The van der Waals surface area contributed by atoms with Gasteiger partial charge in [0.05, 0.1) is 12.0 Å². The molecule has 0 aromatic carbocycles. The average molecular weight is 306 g/mol. The highest BCUT2D eigenvalue weighted by molar-refractivity contribution is 7.18. The van der Waals surface area contributed by atoms with Gasteiger partial charge in [0.1, 0.15) is 10.6 Å². The summed E-state index contributed by atoms with van der Waals surface area (Å²) in [6.45, 7) is 4.99. The average Bonchev–Trinajstić information content (AvgIpc) is 2.90. The van der Waals surface area contributed by atoms with Gasteiger partial charge in [0.2, 0.25) is 5.95 Å². The van der Waals surface area contributed by atoms with Crippen LogP contribution in [-0.4, -0.2) is 36.8 Å². The number of nitrogens with two attached hydrogens (primary N) is 1. The molecular weight excluding hydrogens is 284 g/mol. The minimum Gasteiger partial charge on any atom is -0.384 e. The molecule has 0 amide bonds. The van der Waals surface area contributed by atoms with E-state index in [2.05, 4.69) is 27.9 Å². The lowest BCUT2D eigenvalue weighted by atomic mass is 9.99. The molecule has 2 aromatic rings. The Bertz CT molecular complexity index is 625. The molecule has 2 aromatic heterocycles. The number of thiophene rings is 1. The number of rotatable bonds is 4. The van der Waals surface area contributed by atoms with Crippen LogP contribution in [0.15, 0.2) is 6.07 Å². The van der Waals surface area contributed by atoms with Gasteiger partial charge in [-0.2, -0.15) is 4.98 Å². The summed E-state index contributed by atoms with van der Waals surface area (Å²) in [5.41, 5.74) is 5.91. The van der Waals surface area contributed by atoms with E-state index >= 15 is 0 Å². The molecule has 6 heteroatoms. The lowest BCUT2D eigenvalue weighted by Gasteiger charge is -2.33. The van der Waals surface area contributed by atoms with Crippen LogP contribution < -0.4 is 10.6 Å². The van der Waals surface area contributed by atoms with Gasteiger partial charge in [-0.3, -0.25) is 0 Å². The Morgan fingerprint density at radius 1 is 1.48 bits per heavy atom. The number of fused-ring (bicyclic) bond motifs is 1. The number of aryl methyl sites for hydroxylation is 1. The van der Waals surface area contributed by atoms with Crippen molar-refractivity contribution in [2.45, 2.75) is 26.2 Å². The maximum Gasteiger partial charge on any atom is 0.223 e. The summed E-state index contributed by atoms with van der Waals surface area (Å²) in [4.78, 5) is 13.6. The van der Waals surface area contributed by atoms with E-state index in [9.17, 15) is 0 Å². The first-order valence-corrected chi connectivity index (χ1v) is 8.32. The quantitative estimate of drug-likeness (QED) is 0.941. The van der Waals surface area contributed by atoms with Crippen molar-refractivity contribution >= 4 is 33.3 Å². The molecule has 0 radical (unpaired) electrons. The zero-order chi connectivity index (χ0) is 14.8. The predicted molar refractivity (Wildman–Crippen MR) is 88.0 cm³/mol. The van der Waals surface area contributed by atoms with Crippen LogP contribution in [0.4, 0.5) is 11.8 Å². The van der Waals surface area contributed by atoms with E-state index in [1.54, 1.807) is 18.4 Å². The molecule has 0 saturated carbocycles. The fraction of sp³-hybridized carbons (Fsp3) is 0.600. The van der Waals surface area contributed by atoms with Gasteiger partial charge in [0.25, 0.3) is 0 Å². The second-order valence-electron chi connectivity index (χ2n) is 5.60. The molecule has 1 aliphatic heterocycles. The molecule has 1 unspecified atom stereocenters. The van der Waals surface area contributed by atoms with Crippen molar-refractivity contribution in [2.24, 2.45) is 5.92 Å². The van der Waals surface area contributed by atoms with Crippen LogP contribution in [0.25, 0.3) is 10.2 Å². The van der Waals surface area contributed by atoms with E-state index in [0.717, 1.165) is 42.2 Å². The summed E-state index contributed by atoms with van der Waals surface area (Å²) < 4.78 is 5.32. The second kappa shape index (κ2) is 6.15. The normalized spacial score (nSPS) is 19.3. The number of nitrogens with zero attached hydrogens (tertiary/aromatic N) is 3. The summed E-state index contributed by atoms with van der Waals surface area (Å²) in [5, 5.41) is 1.14. The summed E-state index contributed by atoms with van der Waals surface area (Å²) in [7, 11) is 1.77. The van der Waals surface area contributed by atoms with Crippen LogP contribution in [0.5, 0.6) is 0 Å². The van der Waals surface area contributed by atoms with E-state index in [1.165, 1.54) is 17.7 Å². The van der Waals surface area contributed by atoms with Gasteiger partial charge < -0.3 is 15.4 Å². The van der Waals surface area contributed by atoms with Crippen LogP contribution in [0.3, 0.4) is 0 Å². The maximum atomic E-state index is 5.91. The molecule has 0 spiro atoms. The molecule has 3 rings (SSSR count). The minimum atomic E-state index is 0.371. The highest BCUT2D eigenvalue weighted by atomic mass is 32.1. The zero-order valence-electron chi connectivity index (χ0n) is 12.6. The van der Waals surface area contributed by atoms with E-state index in [1.807, 2.05) is 0 Å². The number of anilines is 2. The standard InChI is InChI=1S/C15H22N4OS/c1-3-11-7-12-13(17-15(16)18-14(12)21-11)19-6-4-5-10(8-19)9-20-2/h7,10H,3-6,8-9H2,1-2H3,(H2,16,17,18). The number of hydrogen-bond donors (Lipinski definition) is 1. The van der Waals surface area contributed by atoms with Gasteiger partial charge in [-0.15, -0.1) is 11.3 Å². The molecule has 2 N–H and O–H groups in total. The number of hydrogen-bond acceptors (Lipinski definition) is 6. The maximum absolute atomic E-state index is 5.91. The lowest BCUT2D eigenvalue weighted by molar-refractivity contribution is 0.143. The van der Waals surface area contributed by atoms with Crippen molar-refractivity contribution in [2.75, 3.05) is 37.4 Å². The van der Waals surface area contributed by atoms with Gasteiger partial charge in [-0.25, -0.2) is 4.98 Å². The first kappa shape index (κ1) is 14.5. The highest BCUT2D eigenvalue weighted by Gasteiger charge is 2.23. The molecule has 1 atom stereocenters. The molecule has 3 heterocycles. The summed E-state index contributed by atoms with van der Waals surface area (Å²) in [6, 6.07) is 2.22. The van der Waals surface area contributed by atoms with Crippen LogP contribution in [0, 0.1) is 5.92 Å². The second-order valence-corrected chi connectivity index (χ2v) is 6.72. The fourth-order valence-electron chi connectivity index (χ4n) is 3.02. The molecule has 1 aliphatic rings. The predicted octanol–water partition coefficient (Wildman–Crippen LogP) is 2.70. The highest BCUT2D eigenvalue weighted by Crippen LogP contribution is 2.33. The van der Waals surface area contributed by atoms with Crippen molar-refractivity contribution in [3.8, 4) is 0 Å². The van der Waals surface area contributed by atoms with E-state index in [4.69, 9.17) is 10.5 Å². The largest absolute Gasteiger partial charge is 0.384 e. The monoisotopic (exact) mass is 306 g/mol. The van der Waals surface area contributed by atoms with E-state index in [-0.39, 0.29) is 0 Å². The molecule has 0 aliphatic carbocycles. The van der Waals surface area contributed by atoms with Crippen LogP contribution in [0.1, 0.15) is 24.6 Å². The Labute approximate surface area is 129 Å².